The van der Waals surface area contributed by atoms with Crippen LogP contribution in [0.5, 0.6) is 0 Å². The fraction of sp³-hybridized carbons (Fsp3) is 0.320. The molecule has 1 fully saturated rings. The molecule has 7 nitrogen and oxygen atoms in total. The van der Waals surface area contributed by atoms with Crippen LogP contribution in [-0.4, -0.2) is 57.1 Å². The van der Waals surface area contributed by atoms with Crippen molar-refractivity contribution >= 4 is 23.0 Å². The van der Waals surface area contributed by atoms with Gasteiger partial charge in [0.05, 0.1) is 22.3 Å². The van der Waals surface area contributed by atoms with Gasteiger partial charge in [-0.1, -0.05) is 12.1 Å². The highest BCUT2D eigenvalue weighted by Crippen LogP contribution is 2.34. The van der Waals surface area contributed by atoms with Crippen molar-refractivity contribution < 1.29 is 18.0 Å². The summed E-state index contributed by atoms with van der Waals surface area (Å²) in [6.45, 7) is 6.52. The molecule has 1 atom stereocenters. The zero-order valence-electron chi connectivity index (χ0n) is 19.4. The second kappa shape index (κ2) is 8.84. The maximum Gasteiger partial charge on any atom is 0.416 e. The Balaban J connectivity index is 1.38. The molecule has 1 N–H and O–H groups in total. The van der Waals surface area contributed by atoms with Crippen molar-refractivity contribution in [2.45, 2.75) is 26.2 Å². The second-order valence-electron chi connectivity index (χ2n) is 8.78. The number of rotatable bonds is 5. The average molecular weight is 483 g/mol. The normalized spacial score (nSPS) is 16.1. The van der Waals surface area contributed by atoms with Gasteiger partial charge >= 0.3 is 6.18 Å². The van der Waals surface area contributed by atoms with Gasteiger partial charge in [-0.05, 0) is 50.2 Å². The van der Waals surface area contributed by atoms with E-state index in [1.54, 1.807) is 4.68 Å². The number of nitrogens with zero attached hydrogens (tertiary/aromatic N) is 5. The van der Waals surface area contributed by atoms with Gasteiger partial charge in [0.15, 0.2) is 12.5 Å². The van der Waals surface area contributed by atoms with Gasteiger partial charge in [-0.15, -0.1) is 0 Å². The molecule has 35 heavy (non-hydrogen) atoms. The number of piperazine rings is 1. The molecule has 0 amide bonds. The Bertz CT molecular complexity index is 1370. The summed E-state index contributed by atoms with van der Waals surface area (Å²) in [4.78, 5) is 23.9. The van der Waals surface area contributed by atoms with Crippen molar-refractivity contribution in [1.82, 2.24) is 24.6 Å². The largest absolute Gasteiger partial charge is 0.416 e. The summed E-state index contributed by atoms with van der Waals surface area (Å²) in [5.41, 5.74) is 3.67. The number of hydrogen-bond acceptors (Lipinski definition) is 5. The first-order chi connectivity index (χ1) is 16.7. The Morgan fingerprint density at radius 2 is 1.77 bits per heavy atom. The molecule has 0 spiro atoms. The highest BCUT2D eigenvalue weighted by molar-refractivity contribution is 5.84. The number of carbonyl (C=O) groups is 1. The molecule has 1 saturated heterocycles. The van der Waals surface area contributed by atoms with E-state index >= 15 is 0 Å². The molecule has 1 aliphatic rings. The summed E-state index contributed by atoms with van der Waals surface area (Å²) in [7, 11) is 0. The van der Waals surface area contributed by atoms with Crippen LogP contribution in [0.3, 0.4) is 0 Å². The smallest absolute Gasteiger partial charge is 0.368 e. The summed E-state index contributed by atoms with van der Waals surface area (Å²) in [6.07, 6.45) is -3.95. The fourth-order valence-corrected chi connectivity index (χ4v) is 4.70. The number of halogens is 3. The van der Waals surface area contributed by atoms with Gasteiger partial charge in [-0.3, -0.25) is 9.69 Å². The second-order valence-corrected chi connectivity index (χ2v) is 8.78. The van der Waals surface area contributed by atoms with Crippen molar-refractivity contribution in [2.75, 3.05) is 31.1 Å². The van der Waals surface area contributed by atoms with Crippen LogP contribution < -0.4 is 4.90 Å². The molecule has 2 aromatic heterocycles. The standard InChI is InChI=1S/C25H25F3N6O/c1-16-13-17(2)34(31-16)23(15-35)33-11-9-32(10-12-33)22-6-4-3-5-19(22)24-29-20-8-7-18(25(26,27)28)14-21(20)30-24/h3-8,13-15,23H,9-12H2,1-2H3,(H,29,30). The summed E-state index contributed by atoms with van der Waals surface area (Å²) in [5, 5.41) is 4.48. The Hall–Kier alpha value is -3.66. The summed E-state index contributed by atoms with van der Waals surface area (Å²) in [6, 6.07) is 13.2. The first-order valence-corrected chi connectivity index (χ1v) is 11.4. The zero-order valence-corrected chi connectivity index (χ0v) is 19.4. The number of fused-ring (bicyclic) bond motifs is 1. The molecule has 182 valence electrons. The molecular weight excluding hydrogens is 457 g/mol. The average Bonchev–Trinajstić information content (AvgIpc) is 3.41. The number of alkyl halides is 3. The minimum absolute atomic E-state index is 0.341. The predicted molar refractivity (Wildman–Crippen MR) is 127 cm³/mol. The molecule has 1 unspecified atom stereocenters. The van der Waals surface area contributed by atoms with Gasteiger partial charge in [-0.2, -0.15) is 18.3 Å². The third-order valence-electron chi connectivity index (χ3n) is 6.41. The Morgan fingerprint density at radius 1 is 1.03 bits per heavy atom. The molecule has 5 rings (SSSR count). The van der Waals surface area contributed by atoms with E-state index in [0.717, 1.165) is 41.1 Å². The number of para-hydroxylation sites is 1. The molecular formula is C25H25F3N6O. The first kappa shape index (κ1) is 23.1. The summed E-state index contributed by atoms with van der Waals surface area (Å²) in [5.74, 6) is 0.519. The molecule has 4 aromatic rings. The number of nitrogens with one attached hydrogen (secondary N) is 1. The minimum Gasteiger partial charge on any atom is -0.368 e. The number of anilines is 1. The van der Waals surface area contributed by atoms with Gasteiger partial charge in [0.2, 0.25) is 0 Å². The van der Waals surface area contributed by atoms with E-state index in [1.165, 1.54) is 6.07 Å². The minimum atomic E-state index is -4.41. The fourth-order valence-electron chi connectivity index (χ4n) is 4.70. The Labute approximate surface area is 200 Å². The molecule has 0 saturated carbocycles. The van der Waals surface area contributed by atoms with Crippen molar-refractivity contribution in [3.8, 4) is 11.4 Å². The number of aldehydes is 1. The summed E-state index contributed by atoms with van der Waals surface area (Å²) < 4.78 is 41.1. The van der Waals surface area contributed by atoms with Gasteiger partial charge in [-0.25, -0.2) is 9.67 Å². The van der Waals surface area contributed by atoms with Gasteiger partial charge in [0.1, 0.15) is 5.82 Å². The SMILES string of the molecule is Cc1cc(C)n(C(C=O)N2CCN(c3ccccc3-c3nc4ccc(C(F)(F)F)cc4[nH]3)CC2)n1. The number of imidazole rings is 1. The van der Waals surface area contributed by atoms with Crippen LogP contribution in [0.4, 0.5) is 18.9 Å². The lowest BCUT2D eigenvalue weighted by Crippen LogP contribution is -2.49. The summed E-state index contributed by atoms with van der Waals surface area (Å²) >= 11 is 0. The Morgan fingerprint density at radius 3 is 2.43 bits per heavy atom. The number of carbonyl (C=O) groups excluding carboxylic acids is 1. The van der Waals surface area contributed by atoms with Crippen LogP contribution >= 0.6 is 0 Å². The van der Waals surface area contributed by atoms with E-state index in [9.17, 15) is 18.0 Å². The number of hydrogen-bond donors (Lipinski definition) is 1. The van der Waals surface area contributed by atoms with E-state index in [-0.39, 0.29) is 0 Å². The van der Waals surface area contributed by atoms with Crippen LogP contribution in [0.2, 0.25) is 0 Å². The Kier molecular flexibility index (Phi) is 5.84. The number of H-pyrrole nitrogens is 1. The zero-order chi connectivity index (χ0) is 24.7. The predicted octanol–water partition coefficient (Wildman–Crippen LogP) is 4.58. The molecule has 0 radical (unpaired) electrons. The van der Waals surface area contributed by atoms with E-state index in [4.69, 9.17) is 0 Å². The topological polar surface area (TPSA) is 70.1 Å². The monoisotopic (exact) mass is 482 g/mol. The maximum absolute atomic E-state index is 13.1. The highest BCUT2D eigenvalue weighted by Gasteiger charge is 2.31. The third-order valence-corrected chi connectivity index (χ3v) is 6.41. The third kappa shape index (κ3) is 4.41. The molecule has 1 aliphatic heterocycles. The molecule has 3 heterocycles. The lowest BCUT2D eigenvalue weighted by molar-refractivity contribution is -0.137. The van der Waals surface area contributed by atoms with Crippen LogP contribution in [0, 0.1) is 13.8 Å². The number of aryl methyl sites for hydroxylation is 2. The van der Waals surface area contributed by atoms with Crippen LogP contribution in [-0.2, 0) is 11.0 Å². The maximum atomic E-state index is 13.1. The van der Waals surface area contributed by atoms with Gasteiger partial charge in [0.25, 0.3) is 0 Å². The first-order valence-electron chi connectivity index (χ1n) is 11.4. The quantitative estimate of drug-likeness (QED) is 0.422. The van der Waals surface area contributed by atoms with E-state index in [2.05, 4.69) is 24.9 Å². The van der Waals surface area contributed by atoms with Crippen molar-refractivity contribution in [3.63, 3.8) is 0 Å². The van der Waals surface area contributed by atoms with Crippen molar-refractivity contribution in [3.05, 3.63) is 65.5 Å². The lowest BCUT2D eigenvalue weighted by Gasteiger charge is -2.39. The molecule has 10 heteroatoms. The van der Waals surface area contributed by atoms with Crippen LogP contribution in [0.25, 0.3) is 22.4 Å². The van der Waals surface area contributed by atoms with E-state index in [0.29, 0.717) is 43.0 Å². The van der Waals surface area contributed by atoms with Crippen molar-refractivity contribution in [2.24, 2.45) is 0 Å². The number of benzene rings is 2. The van der Waals surface area contributed by atoms with Crippen LogP contribution in [0.15, 0.2) is 48.5 Å². The van der Waals surface area contributed by atoms with Crippen LogP contribution in [0.1, 0.15) is 23.1 Å². The van der Waals surface area contributed by atoms with E-state index in [1.807, 2.05) is 44.2 Å². The number of aromatic amines is 1. The lowest BCUT2D eigenvalue weighted by atomic mass is 10.1. The van der Waals surface area contributed by atoms with Crippen molar-refractivity contribution in [1.29, 1.82) is 0 Å². The van der Waals surface area contributed by atoms with Gasteiger partial charge in [0, 0.05) is 43.1 Å². The molecule has 0 aliphatic carbocycles. The highest BCUT2D eigenvalue weighted by atomic mass is 19.4. The molecule has 0 bridgehead atoms. The van der Waals surface area contributed by atoms with Gasteiger partial charge < -0.3 is 9.88 Å². The number of aromatic nitrogens is 4. The van der Waals surface area contributed by atoms with E-state index < -0.39 is 17.9 Å². The molecule has 2 aromatic carbocycles.